The Hall–Kier alpha value is -0.160. The summed E-state index contributed by atoms with van der Waals surface area (Å²) in [6.45, 7) is 5.08. The van der Waals surface area contributed by atoms with Crippen LogP contribution in [-0.2, 0) is 0 Å². The Morgan fingerprint density at radius 3 is 2.64 bits per heavy atom. The summed E-state index contributed by atoms with van der Waals surface area (Å²) in [5.74, 6) is 0. The topological polar surface area (TPSA) is 55.7 Å². The molecular formula is C10H20N2O2. The molecule has 2 heterocycles. The van der Waals surface area contributed by atoms with Crippen LogP contribution in [-0.4, -0.2) is 59.0 Å². The number of nitrogens with one attached hydrogen (secondary N) is 1. The van der Waals surface area contributed by atoms with Crippen LogP contribution >= 0.6 is 0 Å². The van der Waals surface area contributed by atoms with Crippen molar-refractivity contribution >= 4 is 0 Å². The molecule has 0 spiro atoms. The van der Waals surface area contributed by atoms with E-state index in [2.05, 4.69) is 17.1 Å². The molecule has 0 amide bonds. The normalized spacial score (nSPS) is 37.1. The fourth-order valence-electron chi connectivity index (χ4n) is 2.59. The van der Waals surface area contributed by atoms with Crippen molar-refractivity contribution in [2.45, 2.75) is 37.5 Å². The van der Waals surface area contributed by atoms with Gasteiger partial charge in [0.1, 0.15) is 0 Å². The van der Waals surface area contributed by atoms with E-state index >= 15 is 0 Å². The Labute approximate surface area is 84.9 Å². The van der Waals surface area contributed by atoms with Crippen molar-refractivity contribution in [1.82, 2.24) is 10.2 Å². The molecule has 0 aromatic rings. The number of β-amino-alcohol motifs (C(OH)–C–C–N with tert-alkyl or cyclic N) is 2. The van der Waals surface area contributed by atoms with Gasteiger partial charge < -0.3 is 15.5 Å². The zero-order valence-electron chi connectivity index (χ0n) is 8.74. The highest BCUT2D eigenvalue weighted by Crippen LogP contribution is 2.29. The van der Waals surface area contributed by atoms with E-state index in [1.807, 2.05) is 0 Å². The van der Waals surface area contributed by atoms with E-state index in [-0.39, 0.29) is 12.1 Å². The van der Waals surface area contributed by atoms with Crippen LogP contribution in [0.1, 0.15) is 19.8 Å². The van der Waals surface area contributed by atoms with Gasteiger partial charge in [0.05, 0.1) is 11.7 Å². The van der Waals surface area contributed by atoms with Gasteiger partial charge in [0, 0.05) is 32.2 Å². The molecule has 0 radical (unpaired) electrons. The minimum absolute atomic E-state index is 0.215. The van der Waals surface area contributed by atoms with Crippen LogP contribution in [0, 0.1) is 0 Å². The zero-order valence-corrected chi connectivity index (χ0v) is 8.74. The number of rotatable bonds is 3. The molecule has 14 heavy (non-hydrogen) atoms. The number of likely N-dealkylation sites (tertiary alicyclic amines) is 1. The minimum atomic E-state index is -0.475. The summed E-state index contributed by atoms with van der Waals surface area (Å²) in [6, 6.07) is 0.215. The van der Waals surface area contributed by atoms with Gasteiger partial charge in [0.2, 0.25) is 0 Å². The average Bonchev–Trinajstić information content (AvgIpc) is 2.47. The van der Waals surface area contributed by atoms with Crippen LogP contribution in [0.25, 0.3) is 0 Å². The maximum absolute atomic E-state index is 9.98. The largest absolute Gasteiger partial charge is 0.390 e. The van der Waals surface area contributed by atoms with E-state index in [9.17, 15) is 10.2 Å². The molecule has 2 atom stereocenters. The van der Waals surface area contributed by atoms with Crippen molar-refractivity contribution in [2.24, 2.45) is 0 Å². The Morgan fingerprint density at radius 1 is 1.43 bits per heavy atom. The summed E-state index contributed by atoms with van der Waals surface area (Å²) in [7, 11) is 0. The van der Waals surface area contributed by atoms with E-state index < -0.39 is 5.60 Å². The lowest BCUT2D eigenvalue weighted by molar-refractivity contribution is -0.128. The first-order valence-electron chi connectivity index (χ1n) is 5.50. The molecule has 2 saturated heterocycles. The number of aliphatic hydroxyl groups excluding tert-OH is 1. The zero-order chi connectivity index (χ0) is 10.2. The van der Waals surface area contributed by atoms with Gasteiger partial charge in [0.15, 0.2) is 0 Å². The summed E-state index contributed by atoms with van der Waals surface area (Å²) >= 11 is 0. The van der Waals surface area contributed by atoms with Crippen molar-refractivity contribution in [3.8, 4) is 0 Å². The lowest BCUT2D eigenvalue weighted by Gasteiger charge is -2.50. The monoisotopic (exact) mass is 200 g/mol. The van der Waals surface area contributed by atoms with Gasteiger partial charge >= 0.3 is 0 Å². The molecule has 2 aliphatic heterocycles. The number of hydrogen-bond acceptors (Lipinski definition) is 4. The van der Waals surface area contributed by atoms with Gasteiger partial charge in [-0.25, -0.2) is 0 Å². The fourth-order valence-corrected chi connectivity index (χ4v) is 2.59. The second-order valence-corrected chi connectivity index (χ2v) is 4.67. The van der Waals surface area contributed by atoms with Gasteiger partial charge in [-0.05, 0) is 6.42 Å². The van der Waals surface area contributed by atoms with Crippen molar-refractivity contribution < 1.29 is 10.2 Å². The molecule has 0 unspecified atom stereocenters. The van der Waals surface area contributed by atoms with Gasteiger partial charge in [-0.3, -0.25) is 4.90 Å². The molecule has 4 nitrogen and oxygen atoms in total. The van der Waals surface area contributed by atoms with E-state index in [0.717, 1.165) is 32.5 Å². The molecule has 0 saturated carbocycles. The molecule has 0 aliphatic carbocycles. The van der Waals surface area contributed by atoms with Crippen molar-refractivity contribution in [1.29, 1.82) is 0 Å². The quantitative estimate of drug-likeness (QED) is 0.556. The van der Waals surface area contributed by atoms with Crippen LogP contribution in [0.4, 0.5) is 0 Å². The molecule has 4 heteroatoms. The fraction of sp³-hybridized carbons (Fsp3) is 1.00. The third-order valence-electron chi connectivity index (χ3n) is 3.33. The Balaban J connectivity index is 1.81. The second-order valence-electron chi connectivity index (χ2n) is 4.67. The van der Waals surface area contributed by atoms with Gasteiger partial charge in [-0.2, -0.15) is 0 Å². The van der Waals surface area contributed by atoms with Crippen molar-refractivity contribution in [3.63, 3.8) is 0 Å². The van der Waals surface area contributed by atoms with E-state index in [0.29, 0.717) is 6.54 Å². The Kier molecular flexibility index (Phi) is 2.79. The number of hydrogen-bond donors (Lipinski definition) is 3. The number of nitrogens with zero attached hydrogens (tertiary/aromatic N) is 1. The first kappa shape index (κ1) is 10.4. The van der Waals surface area contributed by atoms with Gasteiger partial charge in [-0.1, -0.05) is 13.3 Å². The van der Waals surface area contributed by atoms with Crippen LogP contribution in [0.15, 0.2) is 0 Å². The van der Waals surface area contributed by atoms with Crippen molar-refractivity contribution in [2.75, 3.05) is 26.2 Å². The molecule has 0 bridgehead atoms. The molecule has 0 aromatic carbocycles. The maximum Gasteiger partial charge on any atom is 0.0900 e. The molecule has 2 rings (SSSR count). The predicted octanol–water partition coefficient (Wildman–Crippen LogP) is -0.834. The van der Waals surface area contributed by atoms with Gasteiger partial charge in [-0.15, -0.1) is 0 Å². The van der Waals surface area contributed by atoms with Crippen LogP contribution in [0.2, 0.25) is 0 Å². The second kappa shape index (κ2) is 3.77. The minimum Gasteiger partial charge on any atom is -0.390 e. The van der Waals surface area contributed by atoms with Crippen LogP contribution < -0.4 is 5.32 Å². The smallest absolute Gasteiger partial charge is 0.0900 e. The number of aliphatic hydroxyl groups is 2. The first-order chi connectivity index (χ1) is 6.64. The SMILES string of the molecule is CCCC1(O)CN([C@@H]2CNC[C@H]2O)C1. The maximum atomic E-state index is 9.98. The molecular weight excluding hydrogens is 180 g/mol. The van der Waals surface area contributed by atoms with Crippen molar-refractivity contribution in [3.05, 3.63) is 0 Å². The van der Waals surface area contributed by atoms with Gasteiger partial charge in [0.25, 0.3) is 0 Å². The third-order valence-corrected chi connectivity index (χ3v) is 3.33. The summed E-state index contributed by atoms with van der Waals surface area (Å²) < 4.78 is 0. The third kappa shape index (κ3) is 1.80. The average molecular weight is 200 g/mol. The Bertz CT molecular complexity index is 204. The molecule has 2 aliphatic rings. The molecule has 2 fully saturated rings. The predicted molar refractivity (Wildman–Crippen MR) is 54.1 cm³/mol. The summed E-state index contributed by atoms with van der Waals surface area (Å²) in [5, 5.41) is 22.8. The van der Waals surface area contributed by atoms with E-state index in [4.69, 9.17) is 0 Å². The van der Waals surface area contributed by atoms with E-state index in [1.54, 1.807) is 0 Å². The Morgan fingerprint density at radius 2 is 2.14 bits per heavy atom. The highest BCUT2D eigenvalue weighted by Gasteiger charge is 2.45. The first-order valence-corrected chi connectivity index (χ1v) is 5.50. The molecule has 0 aromatic heterocycles. The highest BCUT2D eigenvalue weighted by atomic mass is 16.3. The molecule has 3 N–H and O–H groups in total. The molecule has 82 valence electrons. The summed E-state index contributed by atoms with van der Waals surface area (Å²) in [4.78, 5) is 2.18. The van der Waals surface area contributed by atoms with E-state index in [1.165, 1.54) is 0 Å². The lowest BCUT2D eigenvalue weighted by atomic mass is 9.87. The standard InChI is InChI=1S/C10H20N2O2/c1-2-3-10(14)6-12(7-10)8-4-11-5-9(8)13/h8-9,11,13-14H,2-7H2,1H3/t8-,9-/m1/s1. The highest BCUT2D eigenvalue weighted by molar-refractivity contribution is 5.02. The lowest BCUT2D eigenvalue weighted by Crippen LogP contribution is -2.66. The summed E-state index contributed by atoms with van der Waals surface area (Å²) in [5.41, 5.74) is -0.475. The van der Waals surface area contributed by atoms with Crippen LogP contribution in [0.3, 0.4) is 0 Å². The van der Waals surface area contributed by atoms with Crippen LogP contribution in [0.5, 0.6) is 0 Å². The summed E-state index contributed by atoms with van der Waals surface area (Å²) in [6.07, 6.45) is 1.64.